The Hall–Kier alpha value is -1.36. The zero-order chi connectivity index (χ0) is 14.8. The van der Waals surface area contributed by atoms with Crippen molar-refractivity contribution in [3.8, 4) is 0 Å². The summed E-state index contributed by atoms with van der Waals surface area (Å²) in [6, 6.07) is 1.86. The van der Waals surface area contributed by atoms with Crippen LogP contribution < -0.4 is 10.6 Å². The van der Waals surface area contributed by atoms with Crippen LogP contribution in [-0.4, -0.2) is 36.8 Å². The first kappa shape index (κ1) is 15.0. The molecule has 1 aliphatic rings. The van der Waals surface area contributed by atoms with E-state index in [1.54, 1.807) is 0 Å². The summed E-state index contributed by atoms with van der Waals surface area (Å²) in [4.78, 5) is 11.2. The van der Waals surface area contributed by atoms with E-state index in [9.17, 15) is 0 Å². The molecule has 0 spiro atoms. The summed E-state index contributed by atoms with van der Waals surface area (Å²) in [5.41, 5.74) is 5.84. The molecule has 20 heavy (non-hydrogen) atoms. The van der Waals surface area contributed by atoms with Crippen molar-refractivity contribution in [2.24, 2.45) is 5.92 Å². The summed E-state index contributed by atoms with van der Waals surface area (Å²) in [7, 11) is 2.07. The molecule has 5 heteroatoms. The fourth-order valence-corrected chi connectivity index (χ4v) is 2.39. The van der Waals surface area contributed by atoms with E-state index in [2.05, 4.69) is 42.7 Å². The first-order chi connectivity index (χ1) is 9.36. The molecule has 112 valence electrons. The van der Waals surface area contributed by atoms with Gasteiger partial charge in [-0.25, -0.2) is 9.97 Å². The average molecular weight is 278 g/mol. The van der Waals surface area contributed by atoms with Crippen molar-refractivity contribution in [2.75, 3.05) is 37.4 Å². The van der Waals surface area contributed by atoms with Gasteiger partial charge in [0.15, 0.2) is 0 Å². The number of ether oxygens (including phenoxy) is 1. The molecule has 0 bridgehead atoms. The van der Waals surface area contributed by atoms with Crippen molar-refractivity contribution < 1.29 is 4.74 Å². The molecule has 1 aliphatic heterocycles. The van der Waals surface area contributed by atoms with Crippen molar-refractivity contribution in [1.82, 2.24) is 9.97 Å². The number of hydrogen-bond acceptors (Lipinski definition) is 5. The smallest absolute Gasteiger partial charge is 0.138 e. The quantitative estimate of drug-likeness (QED) is 0.918. The molecule has 0 radical (unpaired) electrons. The molecule has 0 unspecified atom stereocenters. The molecule has 0 aliphatic carbocycles. The van der Waals surface area contributed by atoms with Crippen molar-refractivity contribution in [1.29, 1.82) is 0 Å². The van der Waals surface area contributed by atoms with Gasteiger partial charge in [-0.05, 0) is 18.8 Å². The van der Waals surface area contributed by atoms with E-state index in [0.29, 0.717) is 11.7 Å². The van der Waals surface area contributed by atoms with Crippen molar-refractivity contribution in [2.45, 2.75) is 39.0 Å². The van der Waals surface area contributed by atoms with Gasteiger partial charge in [0.1, 0.15) is 17.5 Å². The van der Waals surface area contributed by atoms with Crippen LogP contribution in [0.15, 0.2) is 6.07 Å². The number of anilines is 2. The van der Waals surface area contributed by atoms with E-state index in [4.69, 9.17) is 10.5 Å². The van der Waals surface area contributed by atoms with Crippen molar-refractivity contribution in [3.63, 3.8) is 0 Å². The SMILES string of the molecule is CN(CC1CCOCC1)c1cc(N)nc(C(C)(C)C)n1. The van der Waals surface area contributed by atoms with Crippen LogP contribution in [0.1, 0.15) is 39.4 Å². The molecule has 0 atom stereocenters. The van der Waals surface area contributed by atoms with Gasteiger partial charge < -0.3 is 15.4 Å². The third-order valence-corrected chi connectivity index (χ3v) is 3.67. The van der Waals surface area contributed by atoms with Gasteiger partial charge in [-0.3, -0.25) is 0 Å². The first-order valence-corrected chi connectivity index (χ1v) is 7.30. The van der Waals surface area contributed by atoms with E-state index < -0.39 is 0 Å². The lowest BCUT2D eigenvalue weighted by atomic mass is 9.95. The third-order valence-electron chi connectivity index (χ3n) is 3.67. The second-order valence-corrected chi connectivity index (χ2v) is 6.66. The van der Waals surface area contributed by atoms with Crippen LogP contribution in [-0.2, 0) is 10.2 Å². The predicted molar refractivity (Wildman–Crippen MR) is 82.0 cm³/mol. The molecule has 0 amide bonds. The fraction of sp³-hybridized carbons (Fsp3) is 0.733. The molecular weight excluding hydrogens is 252 g/mol. The van der Waals surface area contributed by atoms with Gasteiger partial charge in [-0.1, -0.05) is 20.8 Å². The lowest BCUT2D eigenvalue weighted by Crippen LogP contribution is -2.31. The van der Waals surface area contributed by atoms with Gasteiger partial charge in [0.25, 0.3) is 0 Å². The Morgan fingerprint density at radius 1 is 1.30 bits per heavy atom. The minimum Gasteiger partial charge on any atom is -0.384 e. The number of nitrogen functional groups attached to an aromatic ring is 1. The summed E-state index contributed by atoms with van der Waals surface area (Å²) in [5, 5.41) is 0. The van der Waals surface area contributed by atoms with Gasteiger partial charge in [-0.2, -0.15) is 0 Å². The molecule has 0 saturated carbocycles. The third kappa shape index (κ3) is 3.82. The van der Waals surface area contributed by atoms with E-state index in [1.165, 1.54) is 0 Å². The highest BCUT2D eigenvalue weighted by atomic mass is 16.5. The van der Waals surface area contributed by atoms with Gasteiger partial charge in [-0.15, -0.1) is 0 Å². The highest BCUT2D eigenvalue weighted by Gasteiger charge is 2.21. The van der Waals surface area contributed by atoms with Crippen LogP contribution >= 0.6 is 0 Å². The number of nitrogens with two attached hydrogens (primary N) is 1. The maximum absolute atomic E-state index is 5.93. The fourth-order valence-electron chi connectivity index (χ4n) is 2.39. The first-order valence-electron chi connectivity index (χ1n) is 7.30. The molecule has 1 saturated heterocycles. The number of aromatic nitrogens is 2. The summed E-state index contributed by atoms with van der Waals surface area (Å²) in [6.45, 7) is 9.04. The maximum atomic E-state index is 5.93. The highest BCUT2D eigenvalue weighted by molar-refractivity contribution is 5.47. The van der Waals surface area contributed by atoms with Crippen molar-refractivity contribution in [3.05, 3.63) is 11.9 Å². The van der Waals surface area contributed by atoms with Crippen LogP contribution in [0.4, 0.5) is 11.6 Å². The molecular formula is C15H26N4O. The molecule has 1 aromatic rings. The Kier molecular flexibility index (Phi) is 4.48. The highest BCUT2D eigenvalue weighted by Crippen LogP contribution is 2.24. The van der Waals surface area contributed by atoms with E-state index in [0.717, 1.165) is 44.2 Å². The monoisotopic (exact) mass is 278 g/mol. The molecule has 0 aromatic carbocycles. The van der Waals surface area contributed by atoms with Crippen LogP contribution in [0, 0.1) is 5.92 Å². The van der Waals surface area contributed by atoms with Crippen LogP contribution in [0.5, 0.6) is 0 Å². The van der Waals surface area contributed by atoms with Crippen LogP contribution in [0.2, 0.25) is 0 Å². The Morgan fingerprint density at radius 2 is 1.95 bits per heavy atom. The van der Waals surface area contributed by atoms with Gasteiger partial charge in [0.2, 0.25) is 0 Å². The lowest BCUT2D eigenvalue weighted by molar-refractivity contribution is 0.0685. The largest absolute Gasteiger partial charge is 0.384 e. The van der Waals surface area contributed by atoms with Crippen molar-refractivity contribution >= 4 is 11.6 Å². The molecule has 5 nitrogen and oxygen atoms in total. The minimum atomic E-state index is -0.0936. The Labute approximate surface area is 121 Å². The van der Waals surface area contributed by atoms with Gasteiger partial charge in [0, 0.05) is 38.3 Å². The summed E-state index contributed by atoms with van der Waals surface area (Å²) in [6.07, 6.45) is 2.24. The summed E-state index contributed by atoms with van der Waals surface area (Å²) < 4.78 is 5.41. The number of hydrogen-bond donors (Lipinski definition) is 1. The maximum Gasteiger partial charge on any atom is 0.138 e. The summed E-state index contributed by atoms with van der Waals surface area (Å²) in [5.74, 6) is 2.92. The van der Waals surface area contributed by atoms with Gasteiger partial charge >= 0.3 is 0 Å². The predicted octanol–water partition coefficient (Wildman–Crippen LogP) is 2.22. The normalized spacial score (nSPS) is 17.2. The van der Waals surface area contributed by atoms with E-state index in [-0.39, 0.29) is 5.41 Å². The molecule has 1 aromatic heterocycles. The van der Waals surface area contributed by atoms with Crippen LogP contribution in [0.25, 0.3) is 0 Å². The second kappa shape index (κ2) is 5.95. The van der Waals surface area contributed by atoms with E-state index >= 15 is 0 Å². The Balaban J connectivity index is 2.12. The van der Waals surface area contributed by atoms with Gasteiger partial charge in [0.05, 0.1) is 0 Å². The standard InChI is InChI=1S/C15H26N4O/c1-15(2,3)14-17-12(16)9-13(18-14)19(4)10-11-5-7-20-8-6-11/h9,11H,5-8,10H2,1-4H3,(H2,16,17,18). The number of rotatable bonds is 3. The van der Waals surface area contributed by atoms with E-state index in [1.807, 2.05) is 6.07 Å². The Morgan fingerprint density at radius 3 is 2.55 bits per heavy atom. The van der Waals surface area contributed by atoms with Crippen LogP contribution in [0.3, 0.4) is 0 Å². The zero-order valence-electron chi connectivity index (χ0n) is 13.0. The topological polar surface area (TPSA) is 64.3 Å². The molecule has 1 fully saturated rings. The summed E-state index contributed by atoms with van der Waals surface area (Å²) >= 11 is 0. The molecule has 2 N–H and O–H groups in total. The second-order valence-electron chi connectivity index (χ2n) is 6.66. The lowest BCUT2D eigenvalue weighted by Gasteiger charge is -2.28. The molecule has 2 rings (SSSR count). The average Bonchev–Trinajstić information content (AvgIpc) is 2.38. The minimum absolute atomic E-state index is 0.0936. The zero-order valence-corrected chi connectivity index (χ0v) is 13.0. The molecule has 2 heterocycles. The number of nitrogens with zero attached hydrogens (tertiary/aromatic N) is 3. The Bertz CT molecular complexity index is 450.